The lowest BCUT2D eigenvalue weighted by molar-refractivity contribution is -0.0852. The van der Waals surface area contributed by atoms with Crippen LogP contribution in [0.25, 0.3) is 0 Å². The summed E-state index contributed by atoms with van der Waals surface area (Å²) in [7, 11) is 0. The molecule has 8 atom stereocenters. The van der Waals surface area contributed by atoms with Crippen molar-refractivity contribution in [2.45, 2.75) is 76.6 Å². The Morgan fingerprint density at radius 1 is 1.23 bits per heavy atom. The summed E-state index contributed by atoms with van der Waals surface area (Å²) < 4.78 is 6.36. The molecular formula is C22H30N2O2. The van der Waals surface area contributed by atoms with E-state index in [2.05, 4.69) is 29.9 Å². The van der Waals surface area contributed by atoms with E-state index in [9.17, 15) is 5.11 Å². The second kappa shape index (κ2) is 4.82. The monoisotopic (exact) mass is 354 g/mol. The molecule has 1 aromatic rings. The number of aliphatic hydroxyl groups is 1. The Labute approximate surface area is 155 Å². The van der Waals surface area contributed by atoms with Crippen LogP contribution in [0.5, 0.6) is 0 Å². The lowest BCUT2D eigenvalue weighted by Gasteiger charge is -2.58. The van der Waals surface area contributed by atoms with Crippen LogP contribution in [-0.4, -0.2) is 27.3 Å². The number of nitrogens with zero attached hydrogens (tertiary/aromatic N) is 1. The number of aromatic amines is 1. The van der Waals surface area contributed by atoms with Crippen molar-refractivity contribution in [3.63, 3.8) is 0 Å². The van der Waals surface area contributed by atoms with Gasteiger partial charge in [0.15, 0.2) is 0 Å². The molecular weight excluding hydrogens is 324 g/mol. The molecule has 0 radical (unpaired) electrons. The summed E-state index contributed by atoms with van der Waals surface area (Å²) >= 11 is 0. The quantitative estimate of drug-likeness (QED) is 0.593. The maximum Gasteiger partial charge on any atom is 0.141 e. The maximum absolute atomic E-state index is 10.2. The number of hydrogen-bond donors (Lipinski definition) is 2. The van der Waals surface area contributed by atoms with Crippen molar-refractivity contribution in [3.8, 4) is 0 Å². The Kier molecular flexibility index (Phi) is 2.95. The first-order valence-electron chi connectivity index (χ1n) is 10.5. The number of imidazole rings is 1. The van der Waals surface area contributed by atoms with Crippen molar-refractivity contribution >= 4 is 0 Å². The molecule has 0 bridgehead atoms. The van der Waals surface area contributed by atoms with Gasteiger partial charge in [-0.2, -0.15) is 0 Å². The molecule has 26 heavy (non-hydrogen) atoms. The van der Waals surface area contributed by atoms with Crippen LogP contribution in [0.2, 0.25) is 0 Å². The molecule has 1 unspecified atom stereocenters. The van der Waals surface area contributed by atoms with E-state index in [0.717, 1.165) is 37.0 Å². The van der Waals surface area contributed by atoms with Gasteiger partial charge in [0.05, 0.1) is 30.4 Å². The van der Waals surface area contributed by atoms with Crippen LogP contribution < -0.4 is 0 Å². The summed E-state index contributed by atoms with van der Waals surface area (Å²) in [6.45, 7) is 5.00. The Morgan fingerprint density at radius 3 is 2.92 bits per heavy atom. The SMILES string of the molecule is C[C@]12CC[C@H](O)CC1=CC[C@@H]1[C@@H]2CC[C@@]2(C)[C@H]1CC1O[C@]12c1cnc[nH]1. The molecule has 4 fully saturated rings. The fraction of sp³-hybridized carbons (Fsp3) is 0.773. The van der Waals surface area contributed by atoms with Gasteiger partial charge in [0.1, 0.15) is 5.60 Å². The zero-order chi connectivity index (χ0) is 17.7. The summed E-state index contributed by atoms with van der Waals surface area (Å²) in [6, 6.07) is 0. The van der Waals surface area contributed by atoms with Crippen LogP contribution in [0, 0.1) is 28.6 Å². The number of ether oxygens (including phenoxy) is 1. The molecule has 1 aliphatic heterocycles. The number of aliphatic hydroxyl groups excluding tert-OH is 1. The van der Waals surface area contributed by atoms with Gasteiger partial charge in [-0.05, 0) is 68.1 Å². The van der Waals surface area contributed by atoms with Crippen LogP contribution in [0.15, 0.2) is 24.2 Å². The minimum absolute atomic E-state index is 0.104. The maximum atomic E-state index is 10.2. The highest BCUT2D eigenvalue weighted by Crippen LogP contribution is 2.76. The van der Waals surface area contributed by atoms with Gasteiger partial charge in [-0.25, -0.2) is 4.98 Å². The van der Waals surface area contributed by atoms with E-state index in [1.165, 1.54) is 31.4 Å². The zero-order valence-electron chi connectivity index (χ0n) is 15.9. The Hall–Kier alpha value is -1.13. The Balaban J connectivity index is 1.38. The normalized spacial score (nSPS) is 54.6. The lowest BCUT2D eigenvalue weighted by atomic mass is 9.47. The molecule has 5 aliphatic rings. The van der Waals surface area contributed by atoms with Crippen LogP contribution >= 0.6 is 0 Å². The molecule has 1 saturated heterocycles. The van der Waals surface area contributed by atoms with Crippen molar-refractivity contribution < 1.29 is 9.84 Å². The van der Waals surface area contributed by atoms with Crippen LogP contribution in [0.1, 0.15) is 64.5 Å². The van der Waals surface area contributed by atoms with Crippen molar-refractivity contribution in [2.75, 3.05) is 0 Å². The second-order valence-electron chi connectivity index (χ2n) is 10.2. The number of rotatable bonds is 1. The largest absolute Gasteiger partial charge is 0.393 e. The molecule has 4 heteroatoms. The topological polar surface area (TPSA) is 61.4 Å². The van der Waals surface area contributed by atoms with E-state index >= 15 is 0 Å². The highest BCUT2D eigenvalue weighted by atomic mass is 16.6. The van der Waals surface area contributed by atoms with E-state index in [1.54, 1.807) is 11.9 Å². The van der Waals surface area contributed by atoms with Gasteiger partial charge < -0.3 is 14.8 Å². The second-order valence-corrected chi connectivity index (χ2v) is 10.2. The number of hydrogen-bond acceptors (Lipinski definition) is 3. The minimum Gasteiger partial charge on any atom is -0.393 e. The summed E-state index contributed by atoms with van der Waals surface area (Å²) in [6.07, 6.45) is 14.6. The minimum atomic E-state index is -0.115. The highest BCUT2D eigenvalue weighted by molar-refractivity contribution is 5.34. The third-order valence-corrected chi connectivity index (χ3v) is 9.41. The number of epoxide rings is 1. The molecule has 4 nitrogen and oxygen atoms in total. The van der Waals surface area contributed by atoms with E-state index in [4.69, 9.17) is 4.74 Å². The summed E-state index contributed by atoms with van der Waals surface area (Å²) in [4.78, 5) is 7.67. The molecule has 140 valence electrons. The highest BCUT2D eigenvalue weighted by Gasteiger charge is 2.78. The first kappa shape index (κ1) is 15.9. The van der Waals surface area contributed by atoms with Crippen molar-refractivity contribution in [3.05, 3.63) is 29.9 Å². The molecule has 0 amide bonds. The van der Waals surface area contributed by atoms with Gasteiger partial charge in [0.25, 0.3) is 0 Å². The third-order valence-electron chi connectivity index (χ3n) is 9.41. The zero-order valence-corrected chi connectivity index (χ0v) is 15.9. The van der Waals surface area contributed by atoms with Crippen LogP contribution in [0.3, 0.4) is 0 Å². The Morgan fingerprint density at radius 2 is 2.12 bits per heavy atom. The van der Waals surface area contributed by atoms with Gasteiger partial charge >= 0.3 is 0 Å². The first-order valence-corrected chi connectivity index (χ1v) is 10.5. The predicted octanol–water partition coefficient (Wildman–Crippen LogP) is 3.94. The van der Waals surface area contributed by atoms with Gasteiger partial charge in [0, 0.05) is 5.41 Å². The Bertz CT molecular complexity index is 773. The van der Waals surface area contributed by atoms with Gasteiger partial charge in [-0.3, -0.25) is 0 Å². The number of aromatic nitrogens is 2. The molecule has 2 N–H and O–H groups in total. The fourth-order valence-electron chi connectivity index (χ4n) is 8.00. The van der Waals surface area contributed by atoms with Crippen LogP contribution in [0.4, 0.5) is 0 Å². The van der Waals surface area contributed by atoms with Crippen molar-refractivity contribution in [2.24, 2.45) is 28.6 Å². The number of H-pyrrole nitrogens is 1. The number of nitrogens with one attached hydrogen (secondary N) is 1. The summed E-state index contributed by atoms with van der Waals surface area (Å²) in [5, 5.41) is 10.2. The molecule has 6 rings (SSSR count). The number of allylic oxidation sites excluding steroid dienone is 1. The third kappa shape index (κ3) is 1.67. The average Bonchev–Trinajstić information content (AvgIpc) is 3.00. The summed E-state index contributed by atoms with van der Waals surface area (Å²) in [5.41, 5.74) is 3.19. The van der Waals surface area contributed by atoms with Crippen LogP contribution in [-0.2, 0) is 10.3 Å². The number of fused-ring (bicyclic) bond motifs is 7. The van der Waals surface area contributed by atoms with E-state index < -0.39 is 0 Å². The smallest absolute Gasteiger partial charge is 0.141 e. The molecule has 3 saturated carbocycles. The molecule has 0 spiro atoms. The molecule has 2 heterocycles. The molecule has 4 aliphatic carbocycles. The lowest BCUT2D eigenvalue weighted by Crippen LogP contribution is -2.52. The van der Waals surface area contributed by atoms with Crippen molar-refractivity contribution in [1.82, 2.24) is 9.97 Å². The standard InChI is InChI=1S/C22H30N2O2/c1-20-7-5-14(25)9-13(20)3-4-15-16(20)6-8-21(2)17(15)10-19-22(21,26-19)18-11-23-12-24-18/h3,11-12,14-17,19,25H,4-10H2,1-2H3,(H,23,24)/t14-,15+,16-,17-,19?,20-,21-,22+/m0/s1. The fourth-order valence-corrected chi connectivity index (χ4v) is 8.00. The molecule has 1 aromatic heterocycles. The predicted molar refractivity (Wildman–Crippen MR) is 98.2 cm³/mol. The summed E-state index contributed by atoms with van der Waals surface area (Å²) in [5.74, 6) is 2.29. The van der Waals surface area contributed by atoms with Gasteiger partial charge in [0.2, 0.25) is 0 Å². The van der Waals surface area contributed by atoms with Gasteiger partial charge in [-0.15, -0.1) is 0 Å². The van der Waals surface area contributed by atoms with Crippen molar-refractivity contribution in [1.29, 1.82) is 0 Å². The first-order chi connectivity index (χ1) is 12.5. The van der Waals surface area contributed by atoms with E-state index in [1.807, 2.05) is 6.20 Å². The average molecular weight is 354 g/mol. The van der Waals surface area contributed by atoms with E-state index in [-0.39, 0.29) is 17.1 Å². The van der Waals surface area contributed by atoms with Gasteiger partial charge in [-0.1, -0.05) is 25.5 Å². The van der Waals surface area contributed by atoms with E-state index in [0.29, 0.717) is 11.5 Å². The molecule has 0 aromatic carbocycles.